The molecule has 1 N–H and O–H groups in total. The molecule has 0 unspecified atom stereocenters. The van der Waals surface area contributed by atoms with Gasteiger partial charge in [0.05, 0.1) is 0 Å². The zero-order chi connectivity index (χ0) is 14.1. The lowest BCUT2D eigenvalue weighted by molar-refractivity contribution is -0.287. The SMILES string of the molecule is CC.Cc1cc2c(c(F)c1C(=O)O)OC(F)(F)O2. The van der Waals surface area contributed by atoms with Gasteiger partial charge in [-0.2, -0.15) is 0 Å². The molecule has 100 valence electrons. The molecule has 18 heavy (non-hydrogen) atoms. The summed E-state index contributed by atoms with van der Waals surface area (Å²) in [6.07, 6.45) is -3.97. The van der Waals surface area contributed by atoms with Gasteiger partial charge in [0.1, 0.15) is 5.56 Å². The van der Waals surface area contributed by atoms with Gasteiger partial charge in [0.25, 0.3) is 0 Å². The van der Waals surface area contributed by atoms with E-state index in [9.17, 15) is 18.0 Å². The Kier molecular flexibility index (Phi) is 3.73. The molecule has 7 heteroatoms. The molecule has 0 atom stereocenters. The zero-order valence-corrected chi connectivity index (χ0v) is 9.88. The van der Waals surface area contributed by atoms with Crippen LogP contribution in [-0.4, -0.2) is 17.4 Å². The molecule has 0 saturated carbocycles. The van der Waals surface area contributed by atoms with Crippen molar-refractivity contribution in [2.75, 3.05) is 0 Å². The number of halogens is 3. The third-order valence-electron chi connectivity index (χ3n) is 2.05. The standard InChI is InChI=1S/C9H5F3O4.C2H6/c1-3-2-4-7(16-9(11,12)15-4)6(10)5(3)8(13)14;1-2/h2H,1H3,(H,13,14);1-2H3. The highest BCUT2D eigenvalue weighted by Crippen LogP contribution is 2.44. The highest BCUT2D eigenvalue weighted by molar-refractivity contribution is 5.90. The van der Waals surface area contributed by atoms with E-state index in [1.54, 1.807) is 0 Å². The van der Waals surface area contributed by atoms with Crippen LogP contribution in [0.1, 0.15) is 29.8 Å². The number of carbonyl (C=O) groups is 1. The largest absolute Gasteiger partial charge is 0.586 e. The number of hydrogen-bond acceptors (Lipinski definition) is 3. The third kappa shape index (κ3) is 2.34. The maximum atomic E-state index is 13.5. The fraction of sp³-hybridized carbons (Fsp3) is 0.364. The van der Waals surface area contributed by atoms with Gasteiger partial charge < -0.3 is 14.6 Å². The first-order valence-electron chi connectivity index (χ1n) is 5.14. The molecule has 0 aromatic heterocycles. The van der Waals surface area contributed by atoms with Crippen molar-refractivity contribution in [3.05, 3.63) is 23.0 Å². The zero-order valence-electron chi connectivity index (χ0n) is 9.88. The van der Waals surface area contributed by atoms with Crippen LogP contribution >= 0.6 is 0 Å². The van der Waals surface area contributed by atoms with Crippen molar-refractivity contribution >= 4 is 5.97 Å². The predicted molar refractivity (Wildman–Crippen MR) is 55.6 cm³/mol. The quantitative estimate of drug-likeness (QED) is 0.846. The van der Waals surface area contributed by atoms with Gasteiger partial charge in [-0.25, -0.2) is 9.18 Å². The van der Waals surface area contributed by atoms with Crippen molar-refractivity contribution in [1.29, 1.82) is 0 Å². The first-order chi connectivity index (χ1) is 8.32. The average Bonchev–Trinajstić information content (AvgIpc) is 2.55. The fourth-order valence-electron chi connectivity index (χ4n) is 1.43. The molecule has 1 aliphatic rings. The lowest BCUT2D eigenvalue weighted by Gasteiger charge is -2.05. The molecule has 0 amide bonds. The number of aromatic carboxylic acids is 1. The highest BCUT2D eigenvalue weighted by Gasteiger charge is 2.46. The van der Waals surface area contributed by atoms with Crippen LogP contribution in [-0.2, 0) is 0 Å². The van der Waals surface area contributed by atoms with Crippen LogP contribution in [0.3, 0.4) is 0 Å². The van der Waals surface area contributed by atoms with E-state index in [-0.39, 0.29) is 5.56 Å². The maximum absolute atomic E-state index is 13.5. The molecule has 0 radical (unpaired) electrons. The summed E-state index contributed by atoms with van der Waals surface area (Å²) >= 11 is 0. The Morgan fingerprint density at radius 1 is 1.33 bits per heavy atom. The van der Waals surface area contributed by atoms with E-state index in [2.05, 4.69) is 9.47 Å². The van der Waals surface area contributed by atoms with Gasteiger partial charge in [-0.15, -0.1) is 8.78 Å². The normalized spacial score (nSPS) is 14.8. The summed E-state index contributed by atoms with van der Waals surface area (Å²) in [5.41, 5.74) is -0.731. The van der Waals surface area contributed by atoms with Gasteiger partial charge >= 0.3 is 12.3 Å². The average molecular weight is 264 g/mol. The Balaban J connectivity index is 0.000000771. The van der Waals surface area contributed by atoms with E-state index in [0.717, 1.165) is 6.07 Å². The minimum absolute atomic E-state index is 0.0231. The molecule has 1 aromatic rings. The Morgan fingerprint density at radius 2 is 1.89 bits per heavy atom. The minimum Gasteiger partial charge on any atom is -0.478 e. The molecule has 0 spiro atoms. The topological polar surface area (TPSA) is 55.8 Å². The van der Waals surface area contributed by atoms with Crippen LogP contribution in [0, 0.1) is 12.7 Å². The van der Waals surface area contributed by atoms with Crippen LogP contribution in [0.15, 0.2) is 6.07 Å². The fourth-order valence-corrected chi connectivity index (χ4v) is 1.43. The number of carboxylic acids is 1. The smallest absolute Gasteiger partial charge is 0.478 e. The Hall–Kier alpha value is -1.92. The van der Waals surface area contributed by atoms with Gasteiger partial charge in [0, 0.05) is 0 Å². The molecule has 4 nitrogen and oxygen atoms in total. The van der Waals surface area contributed by atoms with E-state index in [1.807, 2.05) is 13.8 Å². The summed E-state index contributed by atoms with van der Waals surface area (Å²) in [6.45, 7) is 5.27. The van der Waals surface area contributed by atoms with Crippen molar-refractivity contribution in [1.82, 2.24) is 0 Å². The number of fused-ring (bicyclic) bond motifs is 1. The summed E-state index contributed by atoms with van der Waals surface area (Å²) in [4.78, 5) is 10.7. The maximum Gasteiger partial charge on any atom is 0.586 e. The van der Waals surface area contributed by atoms with Gasteiger partial charge in [-0.05, 0) is 18.6 Å². The van der Waals surface area contributed by atoms with Gasteiger partial charge in [0.15, 0.2) is 11.6 Å². The van der Waals surface area contributed by atoms with Crippen molar-refractivity contribution in [3.8, 4) is 11.5 Å². The van der Waals surface area contributed by atoms with Gasteiger partial charge in [-0.1, -0.05) is 13.8 Å². The molecule has 2 rings (SSSR count). The third-order valence-corrected chi connectivity index (χ3v) is 2.05. The second-order valence-corrected chi connectivity index (χ2v) is 3.18. The van der Waals surface area contributed by atoms with Crippen LogP contribution < -0.4 is 9.47 Å². The second-order valence-electron chi connectivity index (χ2n) is 3.18. The summed E-state index contributed by atoms with van der Waals surface area (Å²) in [5.74, 6) is -4.31. The molecule has 1 heterocycles. The van der Waals surface area contributed by atoms with Gasteiger partial charge in [0.2, 0.25) is 5.75 Å². The Bertz CT molecular complexity index is 486. The highest BCUT2D eigenvalue weighted by atomic mass is 19.3. The number of aryl methyl sites for hydroxylation is 1. The molecule has 0 bridgehead atoms. The summed E-state index contributed by atoms with van der Waals surface area (Å²) in [7, 11) is 0. The number of rotatable bonds is 1. The van der Waals surface area contributed by atoms with Crippen molar-refractivity contribution in [2.24, 2.45) is 0 Å². The lowest BCUT2D eigenvalue weighted by atomic mass is 10.1. The summed E-state index contributed by atoms with van der Waals surface area (Å²) in [6, 6.07) is 0.989. The number of benzene rings is 1. The summed E-state index contributed by atoms with van der Waals surface area (Å²) < 4.78 is 46.6. The van der Waals surface area contributed by atoms with Crippen molar-refractivity contribution in [3.63, 3.8) is 0 Å². The van der Waals surface area contributed by atoms with E-state index < -0.39 is 35.1 Å². The Labute approximate surface area is 101 Å². The number of alkyl halides is 2. The molecule has 1 aliphatic heterocycles. The molecule has 0 fully saturated rings. The molecule has 0 saturated heterocycles. The van der Waals surface area contributed by atoms with Crippen LogP contribution in [0.2, 0.25) is 0 Å². The van der Waals surface area contributed by atoms with E-state index in [4.69, 9.17) is 5.11 Å². The van der Waals surface area contributed by atoms with Crippen LogP contribution in [0.25, 0.3) is 0 Å². The van der Waals surface area contributed by atoms with Crippen molar-refractivity contribution < 1.29 is 32.5 Å². The number of hydrogen-bond donors (Lipinski definition) is 1. The predicted octanol–water partition coefficient (Wildman–Crippen LogP) is 3.18. The number of carboxylic acid groups (broad SMARTS) is 1. The first kappa shape index (κ1) is 14.1. The molecular weight excluding hydrogens is 253 g/mol. The lowest BCUT2D eigenvalue weighted by Crippen LogP contribution is -2.26. The van der Waals surface area contributed by atoms with Crippen LogP contribution in [0.4, 0.5) is 13.2 Å². The summed E-state index contributed by atoms with van der Waals surface area (Å²) in [5, 5.41) is 8.68. The molecule has 1 aromatic carbocycles. The number of ether oxygens (including phenoxy) is 2. The second kappa shape index (κ2) is 4.75. The van der Waals surface area contributed by atoms with E-state index in [1.165, 1.54) is 6.92 Å². The molecular formula is C11H11F3O4. The van der Waals surface area contributed by atoms with Crippen LogP contribution in [0.5, 0.6) is 11.5 Å². The minimum atomic E-state index is -3.97. The van der Waals surface area contributed by atoms with E-state index in [0.29, 0.717) is 0 Å². The Morgan fingerprint density at radius 3 is 2.39 bits per heavy atom. The van der Waals surface area contributed by atoms with Gasteiger partial charge in [-0.3, -0.25) is 0 Å². The molecule has 0 aliphatic carbocycles. The van der Waals surface area contributed by atoms with Crippen molar-refractivity contribution in [2.45, 2.75) is 27.1 Å². The first-order valence-corrected chi connectivity index (χ1v) is 5.14. The monoisotopic (exact) mass is 264 g/mol. The van der Waals surface area contributed by atoms with E-state index >= 15 is 0 Å².